The topological polar surface area (TPSA) is 442 Å². The van der Waals surface area contributed by atoms with Crippen molar-refractivity contribution < 1.29 is 194 Å². The second-order valence-corrected chi connectivity index (χ2v) is 29.7. The fourth-order valence-corrected chi connectivity index (χ4v) is 11.5. The molecule has 2 unspecified atom stereocenters. The molecule has 116 heavy (non-hydrogen) atoms. The molecule has 40 nitrogen and oxygen atoms in total. The third-order valence-electron chi connectivity index (χ3n) is 18.1. The summed E-state index contributed by atoms with van der Waals surface area (Å²) in [6.07, 6.45) is -13.5. The molecule has 5 rings (SSSR count). The Morgan fingerprint density at radius 3 is 1.01 bits per heavy atom. The summed E-state index contributed by atoms with van der Waals surface area (Å²) in [7, 11) is 14.9. The van der Waals surface area contributed by atoms with Gasteiger partial charge in [0.25, 0.3) is 0 Å². The van der Waals surface area contributed by atoms with Crippen LogP contribution in [0.25, 0.3) is 0 Å². The van der Waals surface area contributed by atoms with Crippen LogP contribution in [-0.4, -0.2) is 373 Å². The van der Waals surface area contributed by atoms with Crippen molar-refractivity contribution in [3.05, 3.63) is 0 Å². The lowest BCUT2D eigenvalue weighted by Gasteiger charge is -2.44. The molecule has 662 valence electrons. The highest BCUT2D eigenvalue weighted by atomic mass is 19.1. The molecule has 0 amide bonds. The van der Waals surface area contributed by atoms with Gasteiger partial charge in [-0.2, -0.15) is 4.39 Å². The van der Waals surface area contributed by atoms with Gasteiger partial charge in [0.05, 0.1) is 115 Å². The van der Waals surface area contributed by atoms with Crippen LogP contribution in [0.3, 0.4) is 0 Å². The van der Waals surface area contributed by atoms with Crippen LogP contribution in [0.4, 0.5) is 4.39 Å². The second kappa shape index (κ2) is 49.7. The first-order valence-electron chi connectivity index (χ1n) is 37.6. The Balaban J connectivity index is 0.000000527. The van der Waals surface area contributed by atoms with E-state index in [0.29, 0.717) is 37.3 Å². The molecular formula is C75H123FN4O36+4. The van der Waals surface area contributed by atoms with Gasteiger partial charge in [-0.1, -0.05) is 0 Å². The van der Waals surface area contributed by atoms with Gasteiger partial charge in [-0.25, -0.2) is 4.79 Å². The summed E-state index contributed by atoms with van der Waals surface area (Å²) in [6, 6.07) is 0.217. The van der Waals surface area contributed by atoms with E-state index in [1.54, 1.807) is 7.05 Å². The molecule has 0 spiro atoms. The SMILES string of the molecule is C#CC[N+](C)(C)CCO[C@@H]1O[C@H](C(=O)OC)[C@@H](OC(C)=O)[C@H](OC(C)=O)[C@H]1OC(C)=O.CC(=O)OC[C@H]1O[C@@H](OCC[N+](C)(CF)C2CC2)[C@H](OC(C)=O)[C@@H](OC(C)=O)[C@@H]1OC(C)=O.CC[N+](C)(C)CCOC1OC[C@@H](OC(C)=O)[C@H](OC(C)=O)[C@H]1OC(C)=O.CC[N+](C)(C)CCO[C@@H]1OC[C@@H](OC(C)=O)[C@H](OC(C)=O)[C@H]1OC(C)=O. The zero-order chi connectivity index (χ0) is 88.3. The molecule has 4 aliphatic heterocycles. The van der Waals surface area contributed by atoms with Gasteiger partial charge in [0.2, 0.25) is 6.80 Å². The first kappa shape index (κ1) is 104. The number of ether oxygens (including phenoxy) is 22. The van der Waals surface area contributed by atoms with Crippen LogP contribution in [0.15, 0.2) is 0 Å². The number of likely N-dealkylation sites (N-methyl/N-ethyl adjacent to an activating group) is 4. The monoisotopic (exact) mass is 1670 g/mol. The maximum atomic E-state index is 13.6. The van der Waals surface area contributed by atoms with Crippen LogP contribution < -0.4 is 0 Å². The molecule has 41 heteroatoms. The van der Waals surface area contributed by atoms with Gasteiger partial charge in [0, 0.05) is 103 Å². The number of rotatable bonds is 36. The number of hydrogen-bond acceptors (Lipinski definition) is 36. The van der Waals surface area contributed by atoms with E-state index < -0.39 is 201 Å². The Kier molecular flexibility index (Phi) is 44.4. The summed E-state index contributed by atoms with van der Waals surface area (Å²) >= 11 is 0. The summed E-state index contributed by atoms with van der Waals surface area (Å²) in [5, 5.41) is 0. The van der Waals surface area contributed by atoms with Crippen molar-refractivity contribution in [2.45, 2.75) is 233 Å². The van der Waals surface area contributed by atoms with Crippen LogP contribution in [0.1, 0.15) is 117 Å². The lowest BCUT2D eigenvalue weighted by atomic mass is 9.97. The third kappa shape index (κ3) is 37.9. The number of alkyl halides is 1. The third-order valence-corrected chi connectivity index (χ3v) is 18.1. The minimum Gasteiger partial charge on any atom is -0.467 e. The number of carbonyl (C=O) groups is 14. The van der Waals surface area contributed by atoms with E-state index in [0.717, 1.165) is 96.6 Å². The number of hydrogen-bond donors (Lipinski definition) is 0. The van der Waals surface area contributed by atoms with Crippen molar-refractivity contribution in [2.24, 2.45) is 0 Å². The summed E-state index contributed by atoms with van der Waals surface area (Å²) in [5.74, 6) is -6.79. The van der Waals surface area contributed by atoms with Crippen LogP contribution in [-0.2, 0) is 171 Å². The van der Waals surface area contributed by atoms with Gasteiger partial charge in [0.1, 0.15) is 45.4 Å². The molecule has 0 aromatic rings. The number of carbonyl (C=O) groups excluding carboxylic acids is 14. The van der Waals surface area contributed by atoms with Crippen LogP contribution in [0.5, 0.6) is 0 Å². The van der Waals surface area contributed by atoms with Crippen LogP contribution >= 0.6 is 0 Å². The molecule has 0 aromatic carbocycles. The van der Waals surface area contributed by atoms with Crippen molar-refractivity contribution in [1.29, 1.82) is 0 Å². The normalized spacial score (nSPS) is 26.8. The molecule has 0 aromatic heterocycles. The minimum atomic E-state index is -1.48. The maximum Gasteiger partial charge on any atom is 0.339 e. The van der Waals surface area contributed by atoms with Crippen LogP contribution in [0.2, 0.25) is 0 Å². The van der Waals surface area contributed by atoms with E-state index in [9.17, 15) is 71.5 Å². The predicted octanol–water partition coefficient (Wildman–Crippen LogP) is 0.529. The maximum absolute atomic E-state index is 13.6. The van der Waals surface area contributed by atoms with Gasteiger partial charge in [-0.3, -0.25) is 66.8 Å². The summed E-state index contributed by atoms with van der Waals surface area (Å²) in [4.78, 5) is 163. The molecule has 1 saturated carbocycles. The Labute approximate surface area is 676 Å². The molecule has 0 N–H and O–H groups in total. The lowest BCUT2D eigenvalue weighted by molar-refractivity contribution is -0.932. The summed E-state index contributed by atoms with van der Waals surface area (Å²) in [5.41, 5.74) is 0. The molecule has 0 bridgehead atoms. The fourth-order valence-electron chi connectivity index (χ4n) is 11.5. The van der Waals surface area contributed by atoms with Crippen molar-refractivity contribution >= 4 is 83.6 Å². The Morgan fingerprint density at radius 2 is 0.681 bits per heavy atom. The number of quaternary nitrogens is 4. The molecule has 1 aliphatic carbocycles. The molecule has 19 atom stereocenters. The van der Waals surface area contributed by atoms with E-state index in [4.69, 9.17) is 111 Å². The smallest absolute Gasteiger partial charge is 0.339 e. The average molecular weight is 1680 g/mol. The zero-order valence-electron chi connectivity index (χ0n) is 70.9. The van der Waals surface area contributed by atoms with E-state index in [1.807, 2.05) is 14.1 Å². The Hall–Kier alpha value is -8.41. The highest BCUT2D eigenvalue weighted by Crippen LogP contribution is 2.35. The molecule has 4 heterocycles. The van der Waals surface area contributed by atoms with Gasteiger partial charge >= 0.3 is 83.6 Å². The number of esters is 14. The molecule has 5 fully saturated rings. The van der Waals surface area contributed by atoms with Gasteiger partial charge in [-0.05, 0) is 19.8 Å². The lowest BCUT2D eigenvalue weighted by Crippen LogP contribution is -2.64. The first-order chi connectivity index (χ1) is 54.0. The van der Waals surface area contributed by atoms with E-state index in [1.165, 1.54) is 48.5 Å². The highest BCUT2D eigenvalue weighted by Gasteiger charge is 2.57. The van der Waals surface area contributed by atoms with E-state index in [-0.39, 0.29) is 43.6 Å². The fraction of sp³-hybridized carbons (Fsp3) is 0.787. The quantitative estimate of drug-likeness (QED) is 0.0271. The zero-order valence-corrected chi connectivity index (χ0v) is 70.9. The number of methoxy groups -OCH3 is 1. The standard InChI is InChI=1S/C21H33FNO10.C20H30NO10.2C17H30NO8/c1-12(24)29-10-17-18(30-13(2)25)19(31-14(3)26)20(32-15(4)27)21(33-17)28-9-8-23(5,11-22)16-6-7-16;1-8-9-21(5,6)10-11-27-20-18(30-14(4)24)16(29-13(3)23)15(28-12(2)22)17(31-20)19(25)26-7;2*1-7-18(5,6)8-9-22-17-16(26-13(4)21)15(25-12(3)20)14(10-23-17)24-11(2)19/h16-21H,6-11H2,1-5H3;1,15-18,20H,9-11H2,2-7H3;2*14-17H,7-10H2,1-6H3/q4*+1/t17-,18-,19+,20-,21-,23?;15-,16-,17-,18+,20+;14-,15+,16-,17?;14-,15+,16-,17-/m1011/s1. The van der Waals surface area contributed by atoms with Crippen LogP contribution in [0, 0.1) is 12.3 Å². The second-order valence-electron chi connectivity index (χ2n) is 29.7. The minimum absolute atomic E-state index is 0.0357. The van der Waals surface area contributed by atoms with E-state index in [2.05, 4.69) is 48.0 Å². The summed E-state index contributed by atoms with van der Waals surface area (Å²) < 4.78 is 134. The highest BCUT2D eigenvalue weighted by molar-refractivity contribution is 5.77. The molecular weight excluding hydrogens is 1550 g/mol. The van der Waals surface area contributed by atoms with Crippen molar-refractivity contribution in [3.8, 4) is 12.3 Å². The molecule has 0 radical (unpaired) electrons. The Morgan fingerprint density at radius 1 is 0.379 bits per heavy atom. The van der Waals surface area contributed by atoms with Crippen molar-refractivity contribution in [2.75, 3.05) is 155 Å². The molecule has 4 saturated heterocycles. The van der Waals surface area contributed by atoms with Crippen molar-refractivity contribution in [1.82, 2.24) is 0 Å². The van der Waals surface area contributed by atoms with Gasteiger partial charge in [0.15, 0.2) is 105 Å². The first-order valence-corrected chi connectivity index (χ1v) is 37.6. The van der Waals surface area contributed by atoms with E-state index >= 15 is 0 Å². The van der Waals surface area contributed by atoms with Gasteiger partial charge < -0.3 is 118 Å². The average Bonchev–Trinajstić information content (AvgIpc) is 1.21. The predicted molar refractivity (Wildman–Crippen MR) is 392 cm³/mol. The number of halogens is 1. The van der Waals surface area contributed by atoms with Gasteiger partial charge in [-0.15, -0.1) is 6.42 Å². The number of nitrogens with zero attached hydrogens (tertiary/aromatic N) is 4. The number of terminal acetylenes is 1. The van der Waals surface area contributed by atoms with Crippen molar-refractivity contribution in [3.63, 3.8) is 0 Å². The Bertz CT molecular complexity index is 3200. The summed E-state index contributed by atoms with van der Waals surface area (Å²) in [6.45, 7) is 23.9. The largest absolute Gasteiger partial charge is 0.467 e. The molecule has 5 aliphatic rings.